The highest BCUT2D eigenvalue weighted by molar-refractivity contribution is 5.84. The second-order valence-electron chi connectivity index (χ2n) is 10.0. The molecule has 2 atom stereocenters. The number of nitrogens with zero attached hydrogens (tertiary/aromatic N) is 6. The molecule has 0 spiro atoms. The van der Waals surface area contributed by atoms with E-state index in [1.54, 1.807) is 24.5 Å². The minimum Gasteiger partial charge on any atom is -0.326 e. The number of imidazole rings is 1. The third-order valence-corrected chi connectivity index (χ3v) is 7.12. The zero-order valence-corrected chi connectivity index (χ0v) is 20.5. The first kappa shape index (κ1) is 22.9. The van der Waals surface area contributed by atoms with Crippen molar-refractivity contribution < 1.29 is 8.78 Å². The molecule has 8 nitrogen and oxygen atoms in total. The number of anilines is 2. The molecule has 0 aliphatic carbocycles. The molecule has 0 unspecified atom stereocenters. The average Bonchev–Trinajstić information content (AvgIpc) is 3.32. The van der Waals surface area contributed by atoms with Crippen LogP contribution in [0.15, 0.2) is 36.8 Å². The van der Waals surface area contributed by atoms with Crippen LogP contribution < -0.4 is 10.6 Å². The fourth-order valence-corrected chi connectivity index (χ4v) is 5.35. The van der Waals surface area contributed by atoms with Gasteiger partial charge in [-0.1, -0.05) is 0 Å². The minimum absolute atomic E-state index is 0.0848. The van der Waals surface area contributed by atoms with Crippen molar-refractivity contribution in [3.8, 4) is 11.1 Å². The van der Waals surface area contributed by atoms with E-state index in [0.29, 0.717) is 34.7 Å². The van der Waals surface area contributed by atoms with Gasteiger partial charge < -0.3 is 15.2 Å². The SMILES string of the molecule is Cc1nc2c(F)cc(-c3cc(Nc4ncc(CN5C[C@H]6CN[C@H]6C5)cn4)ncc3F)cc2n1C(C)C. The Bertz CT molecular complexity index is 1420. The number of hydrogen-bond acceptors (Lipinski definition) is 7. The Morgan fingerprint density at radius 2 is 1.86 bits per heavy atom. The van der Waals surface area contributed by atoms with Gasteiger partial charge in [0.1, 0.15) is 23.0 Å². The van der Waals surface area contributed by atoms with Crippen molar-refractivity contribution in [2.45, 2.75) is 39.4 Å². The Morgan fingerprint density at radius 1 is 1.06 bits per heavy atom. The van der Waals surface area contributed by atoms with Gasteiger partial charge in [0, 0.05) is 67.7 Å². The lowest BCUT2D eigenvalue weighted by Gasteiger charge is -2.30. The molecule has 6 rings (SSSR count). The molecule has 0 bridgehead atoms. The molecule has 0 saturated carbocycles. The topological polar surface area (TPSA) is 83.8 Å². The quantitative estimate of drug-likeness (QED) is 0.419. The molecule has 0 radical (unpaired) electrons. The van der Waals surface area contributed by atoms with Crippen LogP contribution >= 0.6 is 0 Å². The summed E-state index contributed by atoms with van der Waals surface area (Å²) >= 11 is 0. The number of aromatic nitrogens is 5. The Balaban J connectivity index is 1.24. The van der Waals surface area contributed by atoms with E-state index in [-0.39, 0.29) is 17.1 Å². The van der Waals surface area contributed by atoms with Crippen molar-refractivity contribution in [3.63, 3.8) is 0 Å². The molecule has 2 N–H and O–H groups in total. The highest BCUT2D eigenvalue weighted by Gasteiger charge is 2.38. The molecule has 2 aliphatic rings. The average molecular weight is 491 g/mol. The normalized spacial score (nSPS) is 19.6. The zero-order valence-electron chi connectivity index (χ0n) is 20.5. The third-order valence-electron chi connectivity index (χ3n) is 7.12. The lowest BCUT2D eigenvalue weighted by Crippen LogP contribution is -2.51. The Morgan fingerprint density at radius 3 is 2.53 bits per heavy atom. The molecule has 1 aromatic carbocycles. The number of aryl methyl sites for hydroxylation is 1. The molecule has 5 heterocycles. The number of halogens is 2. The van der Waals surface area contributed by atoms with Crippen LogP contribution in [0, 0.1) is 24.5 Å². The Labute approximate surface area is 207 Å². The van der Waals surface area contributed by atoms with Gasteiger partial charge >= 0.3 is 0 Å². The van der Waals surface area contributed by atoms with Crippen molar-refractivity contribution in [1.29, 1.82) is 0 Å². The van der Waals surface area contributed by atoms with Gasteiger partial charge in [-0.05, 0) is 44.5 Å². The smallest absolute Gasteiger partial charge is 0.228 e. The first-order valence-corrected chi connectivity index (χ1v) is 12.2. The van der Waals surface area contributed by atoms with E-state index in [1.165, 1.54) is 6.07 Å². The second kappa shape index (κ2) is 8.86. The maximum Gasteiger partial charge on any atom is 0.228 e. The molecule has 2 saturated heterocycles. The van der Waals surface area contributed by atoms with Crippen LogP contribution in [0.25, 0.3) is 22.2 Å². The molecule has 186 valence electrons. The first-order valence-electron chi connectivity index (χ1n) is 12.2. The summed E-state index contributed by atoms with van der Waals surface area (Å²) in [5.74, 6) is 1.17. The monoisotopic (exact) mass is 490 g/mol. The molecule has 2 fully saturated rings. The highest BCUT2D eigenvalue weighted by atomic mass is 19.1. The molecule has 3 aromatic heterocycles. The van der Waals surface area contributed by atoms with Crippen LogP contribution in [-0.2, 0) is 6.54 Å². The minimum atomic E-state index is -0.544. The molecular weight excluding hydrogens is 462 g/mol. The van der Waals surface area contributed by atoms with Crippen LogP contribution in [-0.4, -0.2) is 55.1 Å². The summed E-state index contributed by atoms with van der Waals surface area (Å²) in [6.45, 7) is 9.92. The predicted octanol–water partition coefficient (Wildman–Crippen LogP) is 4.20. The van der Waals surface area contributed by atoms with E-state index in [0.717, 1.165) is 43.9 Å². The van der Waals surface area contributed by atoms with Crippen LogP contribution in [0.1, 0.15) is 31.3 Å². The Kier molecular flexibility index (Phi) is 5.65. The zero-order chi connectivity index (χ0) is 25.0. The fourth-order valence-electron chi connectivity index (χ4n) is 5.35. The van der Waals surface area contributed by atoms with E-state index in [9.17, 15) is 8.78 Å². The maximum atomic E-state index is 14.9. The number of hydrogen-bond donors (Lipinski definition) is 2. The van der Waals surface area contributed by atoms with Gasteiger partial charge in [0.15, 0.2) is 5.82 Å². The summed E-state index contributed by atoms with van der Waals surface area (Å²) < 4.78 is 31.7. The lowest BCUT2D eigenvalue weighted by molar-refractivity contribution is 0.295. The molecule has 10 heteroatoms. The van der Waals surface area contributed by atoms with Gasteiger partial charge in [-0.3, -0.25) is 4.90 Å². The standard InChI is InChI=1S/C26H28F2N8/c1-14(2)36-15(3)33-25-20(27)4-17(5-23(25)36)19-6-24(30-10-21(19)28)34-26-31-7-16(8-32-26)11-35-12-18-9-29-22(18)13-35/h4-8,10,14,18,22,29H,9,11-13H2,1-3H3,(H,30,31,32,34)/t18-,22+/m1/s1. The van der Waals surface area contributed by atoms with Gasteiger partial charge in [0.2, 0.25) is 5.95 Å². The molecule has 0 amide bonds. The second-order valence-corrected chi connectivity index (χ2v) is 10.0. The summed E-state index contributed by atoms with van der Waals surface area (Å²) in [5.41, 5.74) is 2.59. The first-order chi connectivity index (χ1) is 17.4. The summed E-state index contributed by atoms with van der Waals surface area (Å²) in [6.07, 6.45) is 4.72. The summed E-state index contributed by atoms with van der Waals surface area (Å²) in [4.78, 5) is 19.7. The van der Waals surface area contributed by atoms with Crippen molar-refractivity contribution in [2.75, 3.05) is 25.0 Å². The number of likely N-dealkylation sites (tertiary alicyclic amines) is 1. The maximum absolute atomic E-state index is 14.9. The molecule has 2 aliphatic heterocycles. The van der Waals surface area contributed by atoms with Gasteiger partial charge in [-0.15, -0.1) is 0 Å². The number of fused-ring (bicyclic) bond motifs is 2. The number of rotatable bonds is 6. The largest absolute Gasteiger partial charge is 0.326 e. The van der Waals surface area contributed by atoms with E-state index in [4.69, 9.17) is 0 Å². The number of benzene rings is 1. The van der Waals surface area contributed by atoms with Crippen LogP contribution in [0.2, 0.25) is 0 Å². The summed E-state index contributed by atoms with van der Waals surface area (Å²) in [6, 6.07) is 5.33. The molecular formula is C26H28F2N8. The summed E-state index contributed by atoms with van der Waals surface area (Å²) in [5, 5.41) is 6.50. The van der Waals surface area contributed by atoms with E-state index < -0.39 is 11.6 Å². The summed E-state index contributed by atoms with van der Waals surface area (Å²) in [7, 11) is 0. The Hall–Kier alpha value is -3.50. The van der Waals surface area contributed by atoms with Crippen LogP contribution in [0.3, 0.4) is 0 Å². The van der Waals surface area contributed by atoms with Crippen molar-refractivity contribution >= 4 is 22.8 Å². The van der Waals surface area contributed by atoms with Crippen molar-refractivity contribution in [1.82, 2.24) is 34.7 Å². The van der Waals surface area contributed by atoms with Gasteiger partial charge in [0.25, 0.3) is 0 Å². The van der Waals surface area contributed by atoms with E-state index in [2.05, 4.69) is 35.5 Å². The highest BCUT2D eigenvalue weighted by Crippen LogP contribution is 2.32. The van der Waals surface area contributed by atoms with Crippen LogP contribution in [0.4, 0.5) is 20.5 Å². The van der Waals surface area contributed by atoms with E-state index >= 15 is 0 Å². The van der Waals surface area contributed by atoms with Gasteiger partial charge in [-0.2, -0.15) is 0 Å². The number of nitrogens with one attached hydrogen (secondary N) is 2. The van der Waals surface area contributed by atoms with Gasteiger partial charge in [-0.25, -0.2) is 28.7 Å². The number of pyridine rings is 1. The molecule has 4 aromatic rings. The molecule has 36 heavy (non-hydrogen) atoms. The van der Waals surface area contributed by atoms with Gasteiger partial charge in [0.05, 0.1) is 11.7 Å². The van der Waals surface area contributed by atoms with Crippen LogP contribution in [0.5, 0.6) is 0 Å². The lowest BCUT2D eigenvalue weighted by atomic mass is 9.96. The third kappa shape index (κ3) is 4.10. The predicted molar refractivity (Wildman–Crippen MR) is 134 cm³/mol. The van der Waals surface area contributed by atoms with Crippen molar-refractivity contribution in [3.05, 3.63) is 59.8 Å². The van der Waals surface area contributed by atoms with Crippen molar-refractivity contribution in [2.24, 2.45) is 5.92 Å². The van der Waals surface area contributed by atoms with E-state index in [1.807, 2.05) is 25.3 Å². The fraction of sp³-hybridized carbons (Fsp3) is 0.385.